The molecule has 16 heavy (non-hydrogen) atoms. The fourth-order valence-electron chi connectivity index (χ4n) is 1.42. The van der Waals surface area contributed by atoms with Gasteiger partial charge in [0.1, 0.15) is 6.10 Å². The van der Waals surface area contributed by atoms with Crippen LogP contribution < -0.4 is 5.19 Å². The third-order valence-electron chi connectivity index (χ3n) is 2.40. The molecule has 0 amide bonds. The monoisotopic (exact) mass is 248 g/mol. The Labute approximate surface area is 94.4 Å². The van der Waals surface area contributed by atoms with Gasteiger partial charge in [0, 0.05) is 0 Å². The summed E-state index contributed by atoms with van der Waals surface area (Å²) >= 11 is 0. The Bertz CT molecular complexity index is 335. The molecule has 0 aliphatic heterocycles. The van der Waals surface area contributed by atoms with Gasteiger partial charge in [-0.25, -0.2) is 0 Å². The Morgan fingerprint density at radius 3 is 2.06 bits per heavy atom. The van der Waals surface area contributed by atoms with Crippen LogP contribution in [0.3, 0.4) is 0 Å². The summed E-state index contributed by atoms with van der Waals surface area (Å²) in [7, 11) is -2.47. The van der Waals surface area contributed by atoms with Crippen LogP contribution in [0.5, 0.6) is 0 Å². The lowest BCUT2D eigenvalue weighted by molar-refractivity contribution is -0.191. The van der Waals surface area contributed by atoms with Gasteiger partial charge < -0.3 is 4.43 Å². The molecule has 1 unspecified atom stereocenters. The normalized spacial score (nSPS) is 14.9. The van der Waals surface area contributed by atoms with Crippen LogP contribution in [0.2, 0.25) is 13.1 Å². The maximum absolute atomic E-state index is 12.4. The summed E-state index contributed by atoms with van der Waals surface area (Å²) in [5.41, 5.74) is 0. The topological polar surface area (TPSA) is 9.23 Å². The van der Waals surface area contributed by atoms with E-state index in [1.54, 1.807) is 13.1 Å². The summed E-state index contributed by atoms with van der Waals surface area (Å²) in [6, 6.07) is 9.09. The minimum Gasteiger partial charge on any atom is -0.401 e. The van der Waals surface area contributed by atoms with Crippen molar-refractivity contribution >= 4 is 13.5 Å². The highest BCUT2D eigenvalue weighted by atomic mass is 28.4. The molecule has 1 atom stereocenters. The van der Waals surface area contributed by atoms with Crippen LogP contribution in [0.4, 0.5) is 13.2 Å². The van der Waals surface area contributed by atoms with Gasteiger partial charge in [0.05, 0.1) is 0 Å². The fourth-order valence-corrected chi connectivity index (χ4v) is 3.57. The van der Waals surface area contributed by atoms with Crippen LogP contribution in [0.15, 0.2) is 30.3 Å². The third-order valence-corrected chi connectivity index (χ3v) is 5.07. The van der Waals surface area contributed by atoms with E-state index >= 15 is 0 Å². The Morgan fingerprint density at radius 1 is 1.12 bits per heavy atom. The SMILES string of the molecule is CC(O[Si](C)(C)c1ccccc1)C(F)(F)F. The molecule has 0 aromatic heterocycles. The van der Waals surface area contributed by atoms with Gasteiger partial charge in [-0.2, -0.15) is 13.2 Å². The van der Waals surface area contributed by atoms with Gasteiger partial charge in [0.2, 0.25) is 8.32 Å². The van der Waals surface area contributed by atoms with Crippen LogP contribution in [-0.4, -0.2) is 20.6 Å². The highest BCUT2D eigenvalue weighted by Crippen LogP contribution is 2.25. The van der Waals surface area contributed by atoms with E-state index in [4.69, 9.17) is 4.43 Å². The maximum Gasteiger partial charge on any atom is 0.413 e. The average molecular weight is 248 g/mol. The van der Waals surface area contributed by atoms with Crippen molar-refractivity contribution in [3.05, 3.63) is 30.3 Å². The van der Waals surface area contributed by atoms with E-state index in [1.165, 1.54) is 0 Å². The molecule has 0 N–H and O–H groups in total. The molecule has 90 valence electrons. The van der Waals surface area contributed by atoms with Gasteiger partial charge in [-0.3, -0.25) is 0 Å². The summed E-state index contributed by atoms with van der Waals surface area (Å²) in [5.74, 6) is 0. The molecule has 0 bridgehead atoms. The van der Waals surface area contributed by atoms with Gasteiger partial charge >= 0.3 is 6.18 Å². The molecule has 5 heteroatoms. The molecule has 0 saturated heterocycles. The van der Waals surface area contributed by atoms with Gasteiger partial charge in [0.25, 0.3) is 0 Å². The molecule has 0 aliphatic rings. The largest absolute Gasteiger partial charge is 0.413 e. The van der Waals surface area contributed by atoms with Crippen LogP contribution in [-0.2, 0) is 4.43 Å². The van der Waals surface area contributed by atoms with E-state index in [2.05, 4.69) is 0 Å². The number of hydrogen-bond acceptors (Lipinski definition) is 1. The fraction of sp³-hybridized carbons (Fsp3) is 0.455. The lowest BCUT2D eigenvalue weighted by atomic mass is 10.4. The molecule has 0 spiro atoms. The summed E-state index contributed by atoms with van der Waals surface area (Å²) < 4.78 is 42.4. The van der Waals surface area contributed by atoms with E-state index < -0.39 is 20.6 Å². The molecular weight excluding hydrogens is 233 g/mol. The van der Waals surface area contributed by atoms with Crippen LogP contribution in [0.1, 0.15) is 6.92 Å². The number of halogens is 3. The van der Waals surface area contributed by atoms with Crippen LogP contribution in [0, 0.1) is 0 Å². The zero-order valence-electron chi connectivity index (χ0n) is 9.51. The van der Waals surface area contributed by atoms with Crippen molar-refractivity contribution in [2.45, 2.75) is 32.3 Å². The number of hydrogen-bond donors (Lipinski definition) is 0. The standard InChI is InChI=1S/C11H15F3OSi/c1-9(11(12,13)14)15-16(2,3)10-7-5-4-6-8-10/h4-9H,1-3H3. The van der Waals surface area contributed by atoms with Gasteiger partial charge in [-0.15, -0.1) is 0 Å². The van der Waals surface area contributed by atoms with Gasteiger partial charge in [-0.05, 0) is 25.2 Å². The summed E-state index contributed by atoms with van der Waals surface area (Å²) in [6.45, 7) is 4.59. The third kappa shape index (κ3) is 3.35. The van der Waals surface area contributed by atoms with E-state index in [1.807, 2.05) is 30.3 Å². The molecule has 1 aromatic rings. The smallest absolute Gasteiger partial charge is 0.401 e. The van der Waals surface area contributed by atoms with Crippen molar-refractivity contribution in [1.29, 1.82) is 0 Å². The van der Waals surface area contributed by atoms with Gasteiger partial charge in [0.15, 0.2) is 0 Å². The van der Waals surface area contributed by atoms with Crippen molar-refractivity contribution in [3.63, 3.8) is 0 Å². The molecule has 0 heterocycles. The number of alkyl halides is 3. The Balaban J connectivity index is 2.80. The minimum absolute atomic E-state index is 0.867. The Morgan fingerprint density at radius 2 is 1.62 bits per heavy atom. The molecule has 0 radical (unpaired) electrons. The van der Waals surface area contributed by atoms with E-state index in [0.29, 0.717) is 0 Å². The highest BCUT2D eigenvalue weighted by Gasteiger charge is 2.41. The van der Waals surface area contributed by atoms with E-state index in [9.17, 15) is 13.2 Å². The highest BCUT2D eigenvalue weighted by molar-refractivity contribution is 6.84. The zero-order chi connectivity index (χ0) is 12.4. The van der Waals surface area contributed by atoms with Crippen molar-refractivity contribution in [2.75, 3.05) is 0 Å². The second-order valence-electron chi connectivity index (χ2n) is 4.18. The van der Waals surface area contributed by atoms with Crippen LogP contribution >= 0.6 is 0 Å². The lowest BCUT2D eigenvalue weighted by Crippen LogP contribution is -2.49. The Kier molecular flexibility index (Phi) is 3.80. The van der Waals surface area contributed by atoms with Gasteiger partial charge in [-0.1, -0.05) is 30.3 Å². The first-order chi connectivity index (χ1) is 7.23. The average Bonchev–Trinajstić information content (AvgIpc) is 2.17. The zero-order valence-corrected chi connectivity index (χ0v) is 10.5. The van der Waals surface area contributed by atoms with E-state index in [-0.39, 0.29) is 0 Å². The van der Waals surface area contributed by atoms with Crippen molar-refractivity contribution in [1.82, 2.24) is 0 Å². The van der Waals surface area contributed by atoms with E-state index in [0.717, 1.165) is 12.1 Å². The quantitative estimate of drug-likeness (QED) is 0.747. The summed E-state index contributed by atoms with van der Waals surface area (Å²) in [5, 5.41) is 0.867. The number of rotatable bonds is 3. The molecule has 1 nitrogen and oxygen atoms in total. The minimum atomic E-state index is -4.29. The Hall–Kier alpha value is -0.813. The molecule has 0 aliphatic carbocycles. The first-order valence-electron chi connectivity index (χ1n) is 5.03. The molecule has 0 fully saturated rings. The maximum atomic E-state index is 12.4. The first kappa shape index (κ1) is 13.3. The summed E-state index contributed by atoms with van der Waals surface area (Å²) in [6.07, 6.45) is -6.01. The molecular formula is C11H15F3OSi. The lowest BCUT2D eigenvalue weighted by Gasteiger charge is -2.28. The van der Waals surface area contributed by atoms with Crippen molar-refractivity contribution in [2.24, 2.45) is 0 Å². The van der Waals surface area contributed by atoms with Crippen molar-refractivity contribution < 1.29 is 17.6 Å². The second-order valence-corrected chi connectivity index (χ2v) is 8.01. The predicted octanol–water partition coefficient (Wildman–Crippen LogP) is 3.07. The number of benzene rings is 1. The molecule has 1 aromatic carbocycles. The molecule has 0 saturated carbocycles. The first-order valence-corrected chi connectivity index (χ1v) is 7.94. The summed E-state index contributed by atoms with van der Waals surface area (Å²) in [4.78, 5) is 0. The van der Waals surface area contributed by atoms with Crippen LogP contribution in [0.25, 0.3) is 0 Å². The van der Waals surface area contributed by atoms with Crippen molar-refractivity contribution in [3.8, 4) is 0 Å². The predicted molar refractivity (Wildman–Crippen MR) is 60.2 cm³/mol. The second kappa shape index (κ2) is 4.59. The molecule has 1 rings (SSSR count).